The van der Waals surface area contributed by atoms with Gasteiger partial charge < -0.3 is 11.5 Å². The van der Waals surface area contributed by atoms with Crippen molar-refractivity contribution in [3.8, 4) is 0 Å². The molecule has 2 rings (SSSR count). The van der Waals surface area contributed by atoms with Gasteiger partial charge in [-0.25, -0.2) is 0 Å². The molecule has 2 aromatic rings. The van der Waals surface area contributed by atoms with Crippen molar-refractivity contribution in [3.05, 3.63) is 68.8 Å². The summed E-state index contributed by atoms with van der Waals surface area (Å²) in [5, 5.41) is 0. The lowest BCUT2D eigenvalue weighted by Crippen LogP contribution is -2.29. The van der Waals surface area contributed by atoms with Gasteiger partial charge in [0, 0.05) is 12.1 Å². The fraction of sp³-hybridized carbons (Fsp3) is 0.400. The van der Waals surface area contributed by atoms with Gasteiger partial charge in [-0.15, -0.1) is 0 Å². The summed E-state index contributed by atoms with van der Waals surface area (Å²) < 4.78 is 0. The van der Waals surface area contributed by atoms with Crippen LogP contribution in [0.3, 0.4) is 0 Å². The van der Waals surface area contributed by atoms with E-state index in [9.17, 15) is 0 Å². The van der Waals surface area contributed by atoms with Gasteiger partial charge in [0.05, 0.1) is 0 Å². The van der Waals surface area contributed by atoms with Gasteiger partial charge in [-0.05, 0) is 74.9 Å². The average molecular weight is 296 g/mol. The third-order valence-corrected chi connectivity index (χ3v) is 4.53. The van der Waals surface area contributed by atoms with Crippen LogP contribution < -0.4 is 11.5 Å². The topological polar surface area (TPSA) is 52.0 Å². The fourth-order valence-corrected chi connectivity index (χ4v) is 3.79. The van der Waals surface area contributed by atoms with E-state index in [0.717, 1.165) is 0 Å². The zero-order valence-electron chi connectivity index (χ0n) is 14.6. The lowest BCUT2D eigenvalue weighted by Gasteiger charge is -2.27. The maximum absolute atomic E-state index is 6.57. The molecule has 0 fully saturated rings. The predicted molar refractivity (Wildman–Crippen MR) is 95.2 cm³/mol. The SMILES string of the molecule is Cc1cc(C)c([C@H](N)[C@@H](N)c2c(C)cc(C)cc2C)c(C)c1. The summed E-state index contributed by atoms with van der Waals surface area (Å²) in [6.45, 7) is 12.7. The largest absolute Gasteiger partial charge is 0.322 e. The molecule has 0 aliphatic rings. The Kier molecular flexibility index (Phi) is 4.74. The van der Waals surface area contributed by atoms with E-state index in [1.54, 1.807) is 0 Å². The summed E-state index contributed by atoms with van der Waals surface area (Å²) in [5.41, 5.74) is 22.9. The van der Waals surface area contributed by atoms with Crippen molar-refractivity contribution in [2.45, 2.75) is 53.6 Å². The van der Waals surface area contributed by atoms with Crippen molar-refractivity contribution in [2.75, 3.05) is 0 Å². The molecule has 118 valence electrons. The summed E-state index contributed by atoms with van der Waals surface area (Å²) >= 11 is 0. The molecule has 0 unspecified atom stereocenters. The fourth-order valence-electron chi connectivity index (χ4n) is 3.79. The van der Waals surface area contributed by atoms with Crippen molar-refractivity contribution in [3.63, 3.8) is 0 Å². The van der Waals surface area contributed by atoms with E-state index in [1.807, 2.05) is 0 Å². The average Bonchev–Trinajstić information content (AvgIpc) is 2.35. The zero-order chi connectivity index (χ0) is 16.6. The monoisotopic (exact) mass is 296 g/mol. The van der Waals surface area contributed by atoms with Crippen molar-refractivity contribution in [1.82, 2.24) is 0 Å². The van der Waals surface area contributed by atoms with E-state index in [2.05, 4.69) is 65.8 Å². The summed E-state index contributed by atoms with van der Waals surface area (Å²) in [6.07, 6.45) is 0. The number of rotatable bonds is 3. The molecule has 22 heavy (non-hydrogen) atoms. The Morgan fingerprint density at radius 3 is 1.00 bits per heavy atom. The molecule has 0 saturated carbocycles. The molecule has 0 aliphatic heterocycles. The standard InChI is InChI=1S/C20H28N2/c1-11-7-13(3)17(14(4)8-11)19(21)20(22)18-15(5)9-12(2)10-16(18)6/h7-10,19-20H,21-22H2,1-6H3/t19-,20-/m0/s1. The highest BCUT2D eigenvalue weighted by molar-refractivity contribution is 5.45. The highest BCUT2D eigenvalue weighted by Crippen LogP contribution is 2.33. The van der Waals surface area contributed by atoms with E-state index in [-0.39, 0.29) is 12.1 Å². The summed E-state index contributed by atoms with van der Waals surface area (Å²) in [7, 11) is 0. The van der Waals surface area contributed by atoms with Gasteiger partial charge in [-0.1, -0.05) is 35.4 Å². The number of hydrogen-bond acceptors (Lipinski definition) is 2. The second-order valence-corrected chi connectivity index (χ2v) is 6.68. The van der Waals surface area contributed by atoms with Crippen LogP contribution in [0.1, 0.15) is 56.6 Å². The maximum atomic E-state index is 6.57. The van der Waals surface area contributed by atoms with E-state index >= 15 is 0 Å². The zero-order valence-corrected chi connectivity index (χ0v) is 14.6. The predicted octanol–water partition coefficient (Wildman–Crippen LogP) is 4.24. The second-order valence-electron chi connectivity index (χ2n) is 6.68. The maximum Gasteiger partial charge on any atom is 0.0496 e. The molecule has 2 nitrogen and oxygen atoms in total. The Morgan fingerprint density at radius 2 is 0.773 bits per heavy atom. The van der Waals surface area contributed by atoms with E-state index in [4.69, 9.17) is 11.5 Å². The third kappa shape index (κ3) is 3.08. The van der Waals surface area contributed by atoms with Crippen molar-refractivity contribution in [1.29, 1.82) is 0 Å². The number of hydrogen-bond donors (Lipinski definition) is 2. The first-order valence-electron chi connectivity index (χ1n) is 7.89. The van der Waals surface area contributed by atoms with Crippen LogP contribution in [0.25, 0.3) is 0 Å². The molecule has 0 amide bonds. The van der Waals surface area contributed by atoms with Gasteiger partial charge >= 0.3 is 0 Å². The molecule has 0 saturated heterocycles. The highest BCUT2D eigenvalue weighted by Gasteiger charge is 2.23. The van der Waals surface area contributed by atoms with Crippen LogP contribution in [0.2, 0.25) is 0 Å². The lowest BCUT2D eigenvalue weighted by atomic mass is 9.85. The van der Waals surface area contributed by atoms with Gasteiger partial charge in [0.2, 0.25) is 0 Å². The second kappa shape index (κ2) is 6.23. The van der Waals surface area contributed by atoms with Gasteiger partial charge in [0.15, 0.2) is 0 Å². The molecular formula is C20H28N2. The summed E-state index contributed by atoms with van der Waals surface area (Å²) in [5.74, 6) is 0. The van der Waals surface area contributed by atoms with Crippen LogP contribution in [0.5, 0.6) is 0 Å². The molecule has 2 atom stereocenters. The van der Waals surface area contributed by atoms with E-state index in [1.165, 1.54) is 44.5 Å². The molecule has 4 N–H and O–H groups in total. The lowest BCUT2D eigenvalue weighted by molar-refractivity contribution is 0.563. The Labute approximate surface area is 134 Å². The van der Waals surface area contributed by atoms with Crippen LogP contribution in [0.4, 0.5) is 0 Å². The van der Waals surface area contributed by atoms with Crippen LogP contribution >= 0.6 is 0 Å². The Balaban J connectivity index is 2.49. The molecule has 0 aromatic heterocycles. The van der Waals surface area contributed by atoms with Crippen molar-refractivity contribution < 1.29 is 0 Å². The normalized spacial score (nSPS) is 14.0. The highest BCUT2D eigenvalue weighted by atomic mass is 14.8. The van der Waals surface area contributed by atoms with Crippen molar-refractivity contribution >= 4 is 0 Å². The summed E-state index contributed by atoms with van der Waals surface area (Å²) in [6, 6.07) is 8.35. The molecule has 2 heteroatoms. The van der Waals surface area contributed by atoms with Gasteiger partial charge in [-0.3, -0.25) is 0 Å². The van der Waals surface area contributed by atoms with Crippen molar-refractivity contribution in [2.24, 2.45) is 11.5 Å². The first-order chi connectivity index (χ1) is 10.2. The van der Waals surface area contributed by atoms with Gasteiger partial charge in [0.1, 0.15) is 0 Å². The summed E-state index contributed by atoms with van der Waals surface area (Å²) in [4.78, 5) is 0. The smallest absolute Gasteiger partial charge is 0.0496 e. The number of aryl methyl sites for hydroxylation is 6. The van der Waals surface area contributed by atoms with E-state index in [0.29, 0.717) is 0 Å². The number of nitrogens with two attached hydrogens (primary N) is 2. The third-order valence-electron chi connectivity index (χ3n) is 4.53. The van der Waals surface area contributed by atoms with Crippen LogP contribution in [0, 0.1) is 41.5 Å². The van der Waals surface area contributed by atoms with E-state index < -0.39 is 0 Å². The molecule has 0 aliphatic carbocycles. The van der Waals surface area contributed by atoms with Gasteiger partial charge in [-0.2, -0.15) is 0 Å². The molecule has 0 heterocycles. The van der Waals surface area contributed by atoms with Crippen LogP contribution in [-0.4, -0.2) is 0 Å². The first kappa shape index (κ1) is 16.7. The minimum absolute atomic E-state index is 0.194. The van der Waals surface area contributed by atoms with Crippen LogP contribution in [0.15, 0.2) is 24.3 Å². The quantitative estimate of drug-likeness (QED) is 0.890. The minimum Gasteiger partial charge on any atom is -0.322 e. The molecule has 2 aromatic carbocycles. The molecule has 0 bridgehead atoms. The number of benzene rings is 2. The first-order valence-corrected chi connectivity index (χ1v) is 7.89. The Morgan fingerprint density at radius 1 is 0.545 bits per heavy atom. The Bertz CT molecular complexity index is 593. The Hall–Kier alpha value is -1.64. The molecule has 0 radical (unpaired) electrons. The molecular weight excluding hydrogens is 268 g/mol. The minimum atomic E-state index is -0.194. The molecule has 0 spiro atoms. The van der Waals surface area contributed by atoms with Crippen LogP contribution in [-0.2, 0) is 0 Å². The van der Waals surface area contributed by atoms with Gasteiger partial charge in [0.25, 0.3) is 0 Å².